The molecule has 1 aromatic heterocycles. The number of methoxy groups -OCH3 is 1. The number of benzene rings is 1. The van der Waals surface area contributed by atoms with Crippen molar-refractivity contribution >= 4 is 17.4 Å². The lowest BCUT2D eigenvalue weighted by Gasteiger charge is -2.21. The minimum absolute atomic E-state index is 0.360. The quantitative estimate of drug-likeness (QED) is 0.819. The topological polar surface area (TPSA) is 38.8 Å². The molecule has 0 aliphatic heterocycles. The number of carbonyl (C=O) groups is 1. The predicted molar refractivity (Wildman–Crippen MR) is 79.1 cm³/mol. The normalized spacial score (nSPS) is 10.2. The van der Waals surface area contributed by atoms with Crippen molar-refractivity contribution in [2.75, 3.05) is 20.3 Å². The molecule has 0 aliphatic carbocycles. The Morgan fingerprint density at radius 2 is 2.00 bits per heavy atom. The summed E-state index contributed by atoms with van der Waals surface area (Å²) in [5, 5.41) is 1.99. The summed E-state index contributed by atoms with van der Waals surface area (Å²) in [6.45, 7) is 1.52. The number of carbonyl (C=O) groups excluding carboxylic acids is 1. The van der Waals surface area contributed by atoms with Gasteiger partial charge in [0.25, 0.3) is 0 Å². The highest BCUT2D eigenvalue weighted by Gasteiger charge is 2.16. The number of thiophene rings is 1. The van der Waals surface area contributed by atoms with E-state index < -0.39 is 0 Å². The third kappa shape index (κ3) is 4.36. The fourth-order valence-electron chi connectivity index (χ4n) is 1.68. The molecule has 4 nitrogen and oxygen atoms in total. The number of rotatable bonds is 6. The summed E-state index contributed by atoms with van der Waals surface area (Å²) in [6.07, 6.45) is -0.360. The Balaban J connectivity index is 1.99. The summed E-state index contributed by atoms with van der Waals surface area (Å²) < 4.78 is 10.4. The van der Waals surface area contributed by atoms with Gasteiger partial charge in [0.05, 0.1) is 13.2 Å². The van der Waals surface area contributed by atoms with Crippen molar-refractivity contribution in [3.63, 3.8) is 0 Å². The van der Waals surface area contributed by atoms with Crippen molar-refractivity contribution in [1.29, 1.82) is 0 Å². The second kappa shape index (κ2) is 7.67. The van der Waals surface area contributed by atoms with E-state index in [4.69, 9.17) is 9.47 Å². The lowest BCUT2D eigenvalue weighted by molar-refractivity contribution is 0.121. The first kappa shape index (κ1) is 14.6. The zero-order valence-electron chi connectivity index (χ0n) is 11.3. The van der Waals surface area contributed by atoms with Crippen LogP contribution in [0.15, 0.2) is 47.8 Å². The molecule has 0 aliphatic rings. The highest BCUT2D eigenvalue weighted by atomic mass is 32.1. The molecule has 20 heavy (non-hydrogen) atoms. The largest absolute Gasteiger partial charge is 0.415 e. The van der Waals surface area contributed by atoms with E-state index in [9.17, 15) is 4.79 Å². The molecule has 0 radical (unpaired) electrons. The van der Waals surface area contributed by atoms with Gasteiger partial charge < -0.3 is 14.4 Å². The number of para-hydroxylation sites is 1. The Kier molecular flexibility index (Phi) is 5.58. The molecular formula is C15H17NO3S. The number of hydrogen-bond donors (Lipinski definition) is 0. The van der Waals surface area contributed by atoms with E-state index in [1.807, 2.05) is 35.7 Å². The van der Waals surface area contributed by atoms with Gasteiger partial charge in [0.1, 0.15) is 5.75 Å². The minimum Gasteiger partial charge on any atom is -0.410 e. The Labute approximate surface area is 122 Å². The van der Waals surface area contributed by atoms with E-state index in [0.29, 0.717) is 25.4 Å². The highest BCUT2D eigenvalue weighted by Crippen LogP contribution is 2.15. The van der Waals surface area contributed by atoms with Gasteiger partial charge in [0.15, 0.2) is 0 Å². The second-order valence-electron chi connectivity index (χ2n) is 4.17. The number of ether oxygens (including phenoxy) is 2. The molecule has 1 aromatic carbocycles. The fourth-order valence-corrected chi connectivity index (χ4v) is 2.40. The van der Waals surface area contributed by atoms with Gasteiger partial charge in [0.2, 0.25) is 0 Å². The van der Waals surface area contributed by atoms with Crippen LogP contribution < -0.4 is 4.74 Å². The van der Waals surface area contributed by atoms with Gasteiger partial charge in [-0.05, 0) is 23.6 Å². The van der Waals surface area contributed by atoms with Crippen LogP contribution in [0, 0.1) is 0 Å². The van der Waals surface area contributed by atoms with Crippen LogP contribution in [-0.4, -0.2) is 31.3 Å². The van der Waals surface area contributed by atoms with Crippen molar-refractivity contribution in [3.05, 3.63) is 52.7 Å². The van der Waals surface area contributed by atoms with Crippen LogP contribution >= 0.6 is 11.3 Å². The average Bonchev–Trinajstić information content (AvgIpc) is 2.97. The van der Waals surface area contributed by atoms with Crippen molar-refractivity contribution in [2.45, 2.75) is 6.54 Å². The van der Waals surface area contributed by atoms with Gasteiger partial charge in [-0.25, -0.2) is 4.79 Å². The maximum absolute atomic E-state index is 12.2. The number of nitrogens with zero attached hydrogens (tertiary/aromatic N) is 1. The molecule has 2 aromatic rings. The SMILES string of the molecule is COCCN(Cc1cccs1)C(=O)Oc1ccccc1. The summed E-state index contributed by atoms with van der Waals surface area (Å²) in [7, 11) is 1.62. The summed E-state index contributed by atoms with van der Waals surface area (Å²) in [6, 6.07) is 13.0. The van der Waals surface area contributed by atoms with Crippen LogP contribution in [0.1, 0.15) is 4.88 Å². The molecule has 0 saturated heterocycles. The molecule has 0 bridgehead atoms. The van der Waals surface area contributed by atoms with Crippen molar-refractivity contribution in [2.24, 2.45) is 0 Å². The third-order valence-electron chi connectivity index (χ3n) is 2.70. The lowest BCUT2D eigenvalue weighted by Crippen LogP contribution is -2.35. The molecule has 0 fully saturated rings. The van der Waals surface area contributed by atoms with Gasteiger partial charge in [0, 0.05) is 18.5 Å². The summed E-state index contributed by atoms with van der Waals surface area (Å²) in [4.78, 5) is 15.0. The first-order valence-corrected chi connectivity index (χ1v) is 7.20. The Morgan fingerprint density at radius 1 is 1.20 bits per heavy atom. The van der Waals surface area contributed by atoms with Crippen LogP contribution in [-0.2, 0) is 11.3 Å². The molecule has 0 spiro atoms. The third-order valence-corrected chi connectivity index (χ3v) is 3.56. The maximum atomic E-state index is 12.2. The molecule has 0 saturated carbocycles. The van der Waals surface area contributed by atoms with Crippen LogP contribution in [0.5, 0.6) is 5.75 Å². The second-order valence-corrected chi connectivity index (χ2v) is 5.21. The standard InChI is InChI=1S/C15H17NO3S/c1-18-10-9-16(12-14-8-5-11-20-14)15(17)19-13-6-3-2-4-7-13/h2-8,11H,9-10,12H2,1H3. The first-order chi connectivity index (χ1) is 9.79. The van der Waals surface area contributed by atoms with Crippen molar-refractivity contribution in [1.82, 2.24) is 4.90 Å². The van der Waals surface area contributed by atoms with E-state index >= 15 is 0 Å². The Morgan fingerprint density at radius 3 is 2.65 bits per heavy atom. The van der Waals surface area contributed by atoms with Crippen LogP contribution in [0.25, 0.3) is 0 Å². The average molecular weight is 291 g/mol. The van der Waals surface area contributed by atoms with Crippen LogP contribution in [0.4, 0.5) is 4.79 Å². The van der Waals surface area contributed by atoms with E-state index in [0.717, 1.165) is 4.88 Å². The van der Waals surface area contributed by atoms with E-state index in [-0.39, 0.29) is 6.09 Å². The number of amides is 1. The summed E-state index contributed by atoms with van der Waals surface area (Å²) in [5.74, 6) is 0.547. The van der Waals surface area contributed by atoms with Gasteiger partial charge in [-0.1, -0.05) is 24.3 Å². The first-order valence-electron chi connectivity index (χ1n) is 6.32. The predicted octanol–water partition coefficient (Wildman–Crippen LogP) is 3.40. The molecule has 106 valence electrons. The van der Waals surface area contributed by atoms with Crippen LogP contribution in [0.3, 0.4) is 0 Å². The van der Waals surface area contributed by atoms with Gasteiger partial charge in [-0.2, -0.15) is 0 Å². The Hall–Kier alpha value is -1.85. The molecule has 1 heterocycles. The monoisotopic (exact) mass is 291 g/mol. The molecule has 1 amide bonds. The van der Waals surface area contributed by atoms with E-state index in [1.54, 1.807) is 35.5 Å². The molecule has 0 unspecified atom stereocenters. The molecule has 0 atom stereocenters. The van der Waals surface area contributed by atoms with E-state index in [2.05, 4.69) is 0 Å². The minimum atomic E-state index is -0.360. The Bertz CT molecular complexity index is 513. The maximum Gasteiger partial charge on any atom is 0.415 e. The van der Waals surface area contributed by atoms with Crippen LogP contribution in [0.2, 0.25) is 0 Å². The molecule has 2 rings (SSSR count). The summed E-state index contributed by atoms with van der Waals surface area (Å²) >= 11 is 1.62. The zero-order chi connectivity index (χ0) is 14.2. The molecule has 0 N–H and O–H groups in total. The zero-order valence-corrected chi connectivity index (χ0v) is 12.1. The van der Waals surface area contributed by atoms with Crippen molar-refractivity contribution < 1.29 is 14.3 Å². The lowest BCUT2D eigenvalue weighted by atomic mass is 10.3. The highest BCUT2D eigenvalue weighted by molar-refractivity contribution is 7.09. The molecule has 5 heteroatoms. The summed E-state index contributed by atoms with van der Waals surface area (Å²) in [5.41, 5.74) is 0. The smallest absolute Gasteiger partial charge is 0.410 e. The number of hydrogen-bond acceptors (Lipinski definition) is 4. The molecular weight excluding hydrogens is 274 g/mol. The van der Waals surface area contributed by atoms with E-state index in [1.165, 1.54) is 0 Å². The van der Waals surface area contributed by atoms with Crippen molar-refractivity contribution in [3.8, 4) is 5.75 Å². The van der Waals surface area contributed by atoms with Gasteiger partial charge >= 0.3 is 6.09 Å². The van der Waals surface area contributed by atoms with Gasteiger partial charge in [-0.15, -0.1) is 11.3 Å². The fraction of sp³-hybridized carbons (Fsp3) is 0.267. The van der Waals surface area contributed by atoms with Gasteiger partial charge in [-0.3, -0.25) is 0 Å².